The first kappa shape index (κ1) is 12.4. The summed E-state index contributed by atoms with van der Waals surface area (Å²) < 4.78 is 10.1. The van der Waals surface area contributed by atoms with Gasteiger partial charge in [-0.3, -0.25) is 4.79 Å². The smallest absolute Gasteiger partial charge is 0.308 e. The van der Waals surface area contributed by atoms with Crippen LogP contribution < -0.4 is 5.73 Å². The fourth-order valence-corrected chi connectivity index (χ4v) is 0.684. The van der Waals surface area contributed by atoms with Gasteiger partial charge in [0.15, 0.2) is 0 Å². The molecule has 2 unspecified atom stereocenters. The number of hydrogen-bond donors (Lipinski definition) is 1. The summed E-state index contributed by atoms with van der Waals surface area (Å²) in [6.45, 7) is 5.84. The summed E-state index contributed by atoms with van der Waals surface area (Å²) in [7, 11) is 1.62. The molecule has 4 heteroatoms. The molecule has 0 saturated carbocycles. The molecule has 0 aliphatic carbocycles. The zero-order chi connectivity index (χ0) is 10.4. The normalized spacial score (nSPS) is 15.5. The molecule has 0 saturated heterocycles. The molecule has 4 nitrogen and oxygen atoms in total. The second kappa shape index (κ2) is 5.94. The molecule has 0 spiro atoms. The number of quaternary nitrogens is 1. The van der Waals surface area contributed by atoms with Gasteiger partial charge < -0.3 is 15.2 Å². The lowest BCUT2D eigenvalue weighted by Gasteiger charge is -2.15. The Morgan fingerprint density at radius 3 is 2.31 bits per heavy atom. The summed E-state index contributed by atoms with van der Waals surface area (Å²) in [4.78, 5) is 11.1. The van der Waals surface area contributed by atoms with E-state index in [2.05, 4.69) is 5.73 Å². The maximum Gasteiger partial charge on any atom is 0.308 e. The van der Waals surface area contributed by atoms with Gasteiger partial charge >= 0.3 is 5.97 Å². The Morgan fingerprint density at radius 2 is 1.92 bits per heavy atom. The predicted molar refractivity (Wildman–Crippen MR) is 48.9 cm³/mol. The zero-order valence-corrected chi connectivity index (χ0v) is 8.87. The number of ether oxygens (including phenoxy) is 2. The second-order valence-corrected chi connectivity index (χ2v) is 3.49. The molecule has 0 aliphatic heterocycles. The maximum absolute atomic E-state index is 11.1. The number of carbonyl (C=O) groups is 1. The van der Waals surface area contributed by atoms with Gasteiger partial charge in [-0.25, -0.2) is 0 Å². The van der Waals surface area contributed by atoms with Crippen molar-refractivity contribution in [2.75, 3.05) is 13.7 Å². The average Bonchev–Trinajstić information content (AvgIpc) is 2.11. The standard InChI is InChI=1S/C9H19NO3/c1-6(2)9(11)13-5-8(10)7(3)12-4/h6-8H,5,10H2,1-4H3/p+1. The molecule has 0 aromatic heterocycles. The van der Waals surface area contributed by atoms with Crippen LogP contribution in [-0.2, 0) is 14.3 Å². The number of methoxy groups -OCH3 is 1. The van der Waals surface area contributed by atoms with Crippen molar-refractivity contribution in [3.63, 3.8) is 0 Å². The van der Waals surface area contributed by atoms with Crippen molar-refractivity contribution < 1.29 is 20.0 Å². The molecule has 0 bridgehead atoms. The quantitative estimate of drug-likeness (QED) is 0.612. The third kappa shape index (κ3) is 4.85. The lowest BCUT2D eigenvalue weighted by atomic mass is 10.2. The monoisotopic (exact) mass is 190 g/mol. The van der Waals surface area contributed by atoms with E-state index in [0.29, 0.717) is 6.61 Å². The minimum Gasteiger partial charge on any atom is -0.459 e. The van der Waals surface area contributed by atoms with E-state index < -0.39 is 0 Å². The third-order valence-electron chi connectivity index (χ3n) is 1.95. The second-order valence-electron chi connectivity index (χ2n) is 3.49. The summed E-state index contributed by atoms with van der Waals surface area (Å²) in [5.41, 5.74) is 3.84. The Balaban J connectivity index is 3.69. The van der Waals surface area contributed by atoms with Gasteiger partial charge in [-0.05, 0) is 6.92 Å². The van der Waals surface area contributed by atoms with Crippen LogP contribution in [0.5, 0.6) is 0 Å². The first-order chi connectivity index (χ1) is 5.99. The molecule has 13 heavy (non-hydrogen) atoms. The van der Waals surface area contributed by atoms with Crippen molar-refractivity contribution in [2.45, 2.75) is 32.9 Å². The lowest BCUT2D eigenvalue weighted by Crippen LogP contribution is -2.68. The van der Waals surface area contributed by atoms with Crippen LogP contribution in [0.3, 0.4) is 0 Å². The van der Waals surface area contributed by atoms with Crippen LogP contribution in [0.4, 0.5) is 0 Å². The third-order valence-corrected chi connectivity index (χ3v) is 1.95. The molecule has 0 fully saturated rings. The van der Waals surface area contributed by atoms with Crippen molar-refractivity contribution in [3.05, 3.63) is 0 Å². The van der Waals surface area contributed by atoms with Gasteiger partial charge in [-0.1, -0.05) is 13.8 Å². The van der Waals surface area contributed by atoms with E-state index in [1.807, 2.05) is 6.92 Å². The van der Waals surface area contributed by atoms with Crippen molar-refractivity contribution in [1.29, 1.82) is 0 Å². The van der Waals surface area contributed by atoms with E-state index in [0.717, 1.165) is 0 Å². The van der Waals surface area contributed by atoms with Crippen LogP contribution in [0.1, 0.15) is 20.8 Å². The molecule has 78 valence electrons. The summed E-state index contributed by atoms with van der Waals surface area (Å²) in [6, 6.07) is -0.00676. The van der Waals surface area contributed by atoms with E-state index in [9.17, 15) is 4.79 Å². The fourth-order valence-electron chi connectivity index (χ4n) is 0.684. The largest absolute Gasteiger partial charge is 0.459 e. The lowest BCUT2D eigenvalue weighted by molar-refractivity contribution is -0.442. The number of rotatable bonds is 5. The first-order valence-electron chi connectivity index (χ1n) is 4.51. The molecule has 0 rings (SSSR count). The molecular formula is C9H20NO3+. The Morgan fingerprint density at radius 1 is 1.38 bits per heavy atom. The Labute approximate surface area is 79.4 Å². The summed E-state index contributed by atoms with van der Waals surface area (Å²) in [5.74, 6) is -0.262. The molecule has 3 N–H and O–H groups in total. The van der Waals surface area contributed by atoms with Gasteiger partial charge in [0.1, 0.15) is 18.8 Å². The number of esters is 1. The van der Waals surface area contributed by atoms with Crippen LogP contribution in [0.2, 0.25) is 0 Å². The van der Waals surface area contributed by atoms with E-state index in [4.69, 9.17) is 9.47 Å². The molecule has 0 amide bonds. The Bertz CT molecular complexity index is 159. The molecule has 0 aliphatic rings. The zero-order valence-electron chi connectivity index (χ0n) is 8.87. The topological polar surface area (TPSA) is 63.2 Å². The molecule has 0 heterocycles. The van der Waals surface area contributed by atoms with E-state index >= 15 is 0 Å². The number of carbonyl (C=O) groups excluding carboxylic acids is 1. The first-order valence-corrected chi connectivity index (χ1v) is 4.51. The van der Waals surface area contributed by atoms with Gasteiger partial charge in [0.25, 0.3) is 0 Å². The minimum absolute atomic E-state index is 0.00676. The van der Waals surface area contributed by atoms with Gasteiger partial charge in [0.2, 0.25) is 0 Å². The van der Waals surface area contributed by atoms with Crippen LogP contribution in [0, 0.1) is 5.92 Å². The van der Waals surface area contributed by atoms with Crippen molar-refractivity contribution in [3.8, 4) is 0 Å². The summed E-state index contributed by atoms with van der Waals surface area (Å²) >= 11 is 0. The van der Waals surface area contributed by atoms with E-state index in [1.165, 1.54) is 0 Å². The van der Waals surface area contributed by atoms with Crippen molar-refractivity contribution in [1.82, 2.24) is 0 Å². The maximum atomic E-state index is 11.1. The van der Waals surface area contributed by atoms with E-state index in [-0.39, 0.29) is 24.0 Å². The highest BCUT2D eigenvalue weighted by Crippen LogP contribution is 1.98. The SMILES string of the molecule is COC(C)C([NH3+])COC(=O)C(C)C. The van der Waals surface area contributed by atoms with Crippen LogP contribution in [-0.4, -0.2) is 31.8 Å². The molecule has 2 atom stereocenters. The van der Waals surface area contributed by atoms with Crippen molar-refractivity contribution >= 4 is 5.97 Å². The van der Waals surface area contributed by atoms with E-state index in [1.54, 1.807) is 21.0 Å². The summed E-state index contributed by atoms with van der Waals surface area (Å²) in [6.07, 6.45) is 0.0139. The Kier molecular flexibility index (Phi) is 5.66. The van der Waals surface area contributed by atoms with Gasteiger partial charge in [0, 0.05) is 7.11 Å². The Hall–Kier alpha value is -0.610. The summed E-state index contributed by atoms with van der Waals surface area (Å²) in [5, 5.41) is 0. The highest BCUT2D eigenvalue weighted by molar-refractivity contribution is 5.71. The predicted octanol–water partition coefficient (Wildman–Crippen LogP) is -0.169. The highest BCUT2D eigenvalue weighted by atomic mass is 16.5. The molecule has 0 radical (unpaired) electrons. The minimum atomic E-state index is -0.183. The average molecular weight is 190 g/mol. The van der Waals surface area contributed by atoms with Crippen molar-refractivity contribution in [2.24, 2.45) is 5.92 Å². The van der Waals surface area contributed by atoms with Crippen LogP contribution >= 0.6 is 0 Å². The molecule has 0 aromatic carbocycles. The van der Waals surface area contributed by atoms with Crippen LogP contribution in [0.15, 0.2) is 0 Å². The molecular weight excluding hydrogens is 170 g/mol. The number of hydrogen-bond acceptors (Lipinski definition) is 3. The van der Waals surface area contributed by atoms with Crippen LogP contribution in [0.25, 0.3) is 0 Å². The fraction of sp³-hybridized carbons (Fsp3) is 0.889. The van der Waals surface area contributed by atoms with Gasteiger partial charge in [0.05, 0.1) is 5.92 Å². The van der Waals surface area contributed by atoms with Gasteiger partial charge in [-0.15, -0.1) is 0 Å². The molecule has 0 aromatic rings. The highest BCUT2D eigenvalue weighted by Gasteiger charge is 2.18. The van der Waals surface area contributed by atoms with Gasteiger partial charge in [-0.2, -0.15) is 0 Å².